The smallest absolute Gasteiger partial charge is 0.233 e. The van der Waals surface area contributed by atoms with Gasteiger partial charge < -0.3 is 9.64 Å². The molecule has 1 aromatic heterocycles. The third-order valence-electron chi connectivity index (χ3n) is 5.53. The van der Waals surface area contributed by atoms with Crippen LogP contribution in [0.5, 0.6) is 5.75 Å². The summed E-state index contributed by atoms with van der Waals surface area (Å²) < 4.78 is 7.08. The number of fused-ring (bicyclic) bond motifs is 1. The van der Waals surface area contributed by atoms with Crippen LogP contribution >= 0.6 is 11.8 Å². The van der Waals surface area contributed by atoms with Gasteiger partial charge in [0.15, 0.2) is 0 Å². The molecule has 2 aromatic carbocycles. The van der Waals surface area contributed by atoms with Crippen molar-refractivity contribution in [2.75, 3.05) is 19.9 Å². The summed E-state index contributed by atoms with van der Waals surface area (Å²) in [5.74, 6) is 1.01. The number of carbonyl (C=O) groups is 1. The molecule has 1 aliphatic rings. The molecule has 0 fully saturated rings. The van der Waals surface area contributed by atoms with E-state index in [9.17, 15) is 4.79 Å². The van der Waals surface area contributed by atoms with Crippen molar-refractivity contribution in [3.8, 4) is 11.4 Å². The fourth-order valence-electron chi connectivity index (χ4n) is 3.92. The van der Waals surface area contributed by atoms with Crippen molar-refractivity contribution >= 4 is 17.7 Å². The molecule has 8 heteroatoms. The maximum Gasteiger partial charge on any atom is 0.233 e. The highest BCUT2D eigenvalue weighted by atomic mass is 32.2. The predicted octanol–water partition coefficient (Wildman–Crippen LogP) is 3.61. The number of tetrazole rings is 1. The number of nitrogens with zero attached hydrogens (tertiary/aromatic N) is 5. The van der Waals surface area contributed by atoms with E-state index in [1.165, 1.54) is 22.9 Å². The Hall–Kier alpha value is -2.87. The first-order chi connectivity index (χ1) is 14.6. The lowest BCUT2D eigenvalue weighted by molar-refractivity contribution is -0.129. The fraction of sp³-hybridized carbons (Fsp3) is 0.364. The van der Waals surface area contributed by atoms with E-state index in [2.05, 4.69) is 33.7 Å². The minimum Gasteiger partial charge on any atom is -0.494 e. The zero-order valence-electron chi connectivity index (χ0n) is 17.4. The quantitative estimate of drug-likeness (QED) is 0.564. The molecule has 0 aliphatic heterocycles. The van der Waals surface area contributed by atoms with E-state index in [-0.39, 0.29) is 17.7 Å². The number of carbonyl (C=O) groups excluding carboxylic acids is 1. The maximum atomic E-state index is 13.0. The third-order valence-corrected chi connectivity index (χ3v) is 6.43. The highest BCUT2D eigenvalue weighted by Gasteiger charge is 2.27. The molecule has 30 heavy (non-hydrogen) atoms. The van der Waals surface area contributed by atoms with Crippen molar-refractivity contribution < 1.29 is 9.53 Å². The molecule has 3 aromatic rings. The maximum absolute atomic E-state index is 13.0. The summed E-state index contributed by atoms with van der Waals surface area (Å²) in [6, 6.07) is 14.4. The van der Waals surface area contributed by atoms with Gasteiger partial charge in [-0.15, -0.1) is 5.10 Å². The van der Waals surface area contributed by atoms with Crippen LogP contribution in [-0.2, 0) is 11.2 Å². The van der Waals surface area contributed by atoms with Crippen LogP contribution in [0.3, 0.4) is 0 Å². The Morgan fingerprint density at radius 3 is 2.97 bits per heavy atom. The molecule has 1 aliphatic carbocycles. The Labute approximate surface area is 180 Å². The average Bonchev–Trinajstić information content (AvgIpc) is 3.25. The highest BCUT2D eigenvalue weighted by Crippen LogP contribution is 2.34. The Morgan fingerprint density at radius 1 is 1.30 bits per heavy atom. The van der Waals surface area contributed by atoms with Crippen molar-refractivity contribution in [1.82, 2.24) is 25.1 Å². The second kappa shape index (κ2) is 8.87. The number of ether oxygens (including phenoxy) is 1. The number of hydrogen-bond donors (Lipinski definition) is 0. The number of aromatic nitrogens is 4. The monoisotopic (exact) mass is 423 g/mol. The molecule has 0 saturated carbocycles. The van der Waals surface area contributed by atoms with Gasteiger partial charge in [-0.25, -0.2) is 0 Å². The Morgan fingerprint density at radius 2 is 2.13 bits per heavy atom. The molecular weight excluding hydrogens is 398 g/mol. The molecule has 1 amide bonds. The van der Waals surface area contributed by atoms with E-state index >= 15 is 0 Å². The molecule has 1 heterocycles. The lowest BCUT2D eigenvalue weighted by Gasteiger charge is -2.33. The lowest BCUT2D eigenvalue weighted by Crippen LogP contribution is -2.34. The second-order valence-electron chi connectivity index (χ2n) is 7.45. The molecule has 0 radical (unpaired) electrons. The van der Waals surface area contributed by atoms with Crippen LogP contribution < -0.4 is 4.74 Å². The highest BCUT2D eigenvalue weighted by molar-refractivity contribution is 7.99. The first kappa shape index (κ1) is 20.4. The van der Waals surface area contributed by atoms with Crippen molar-refractivity contribution in [1.29, 1.82) is 0 Å². The number of thioether (sulfide) groups is 1. The minimum absolute atomic E-state index is 0.0625. The largest absolute Gasteiger partial charge is 0.494 e. The predicted molar refractivity (Wildman–Crippen MR) is 116 cm³/mol. The SMILES string of the molecule is COc1ccc(C)cc1-n1nnnc1SCC(=O)N(C)C1CCCc2ccccc21. The average molecular weight is 424 g/mol. The first-order valence-corrected chi connectivity index (χ1v) is 11.0. The topological polar surface area (TPSA) is 73.1 Å². The van der Waals surface area contributed by atoms with Gasteiger partial charge in [0.1, 0.15) is 11.4 Å². The van der Waals surface area contributed by atoms with Crippen molar-refractivity contribution in [2.24, 2.45) is 0 Å². The van der Waals surface area contributed by atoms with Crippen LogP contribution in [0.15, 0.2) is 47.6 Å². The second-order valence-corrected chi connectivity index (χ2v) is 8.39. The van der Waals surface area contributed by atoms with Gasteiger partial charge in [0, 0.05) is 7.05 Å². The summed E-state index contributed by atoms with van der Waals surface area (Å²) in [7, 11) is 3.51. The van der Waals surface area contributed by atoms with Gasteiger partial charge in [0.2, 0.25) is 11.1 Å². The Balaban J connectivity index is 1.49. The molecular formula is C22H25N5O2S. The summed E-state index contributed by atoms with van der Waals surface area (Å²) in [4.78, 5) is 14.8. The molecule has 156 valence electrons. The van der Waals surface area contributed by atoms with Crippen LogP contribution in [-0.4, -0.2) is 50.9 Å². The van der Waals surface area contributed by atoms with Crippen LogP contribution in [0, 0.1) is 6.92 Å². The zero-order valence-corrected chi connectivity index (χ0v) is 18.2. The van der Waals surface area contributed by atoms with E-state index in [1.807, 2.05) is 43.1 Å². The van der Waals surface area contributed by atoms with Gasteiger partial charge in [-0.3, -0.25) is 4.79 Å². The summed E-state index contributed by atoms with van der Waals surface area (Å²) in [6.45, 7) is 2.00. The van der Waals surface area contributed by atoms with Crippen molar-refractivity contribution in [3.05, 3.63) is 59.2 Å². The van der Waals surface area contributed by atoms with E-state index in [1.54, 1.807) is 11.8 Å². The van der Waals surface area contributed by atoms with E-state index in [0.717, 1.165) is 30.5 Å². The van der Waals surface area contributed by atoms with Gasteiger partial charge in [-0.05, 0) is 65.4 Å². The Kier molecular flexibility index (Phi) is 6.03. The third kappa shape index (κ3) is 4.05. The van der Waals surface area contributed by atoms with Gasteiger partial charge in [0.05, 0.1) is 18.9 Å². The normalized spacial score (nSPS) is 15.5. The summed E-state index contributed by atoms with van der Waals surface area (Å²) in [5.41, 5.74) is 4.44. The van der Waals surface area contributed by atoms with Crippen LogP contribution in [0.4, 0.5) is 0 Å². The number of benzene rings is 2. The molecule has 7 nitrogen and oxygen atoms in total. The van der Waals surface area contributed by atoms with Crippen LogP contribution in [0.1, 0.15) is 35.6 Å². The number of amides is 1. The molecule has 0 saturated heterocycles. The first-order valence-electron chi connectivity index (χ1n) is 9.98. The molecule has 1 unspecified atom stereocenters. The molecule has 1 atom stereocenters. The Bertz CT molecular complexity index is 1050. The number of aryl methyl sites for hydroxylation is 2. The number of hydrogen-bond acceptors (Lipinski definition) is 6. The fourth-order valence-corrected chi connectivity index (χ4v) is 4.73. The molecule has 0 spiro atoms. The summed E-state index contributed by atoms with van der Waals surface area (Å²) >= 11 is 1.34. The van der Waals surface area contributed by atoms with Crippen molar-refractivity contribution in [2.45, 2.75) is 37.4 Å². The van der Waals surface area contributed by atoms with Crippen LogP contribution in [0.2, 0.25) is 0 Å². The van der Waals surface area contributed by atoms with E-state index < -0.39 is 0 Å². The number of rotatable bonds is 6. The molecule has 0 N–H and O–H groups in total. The molecule has 4 rings (SSSR count). The lowest BCUT2D eigenvalue weighted by atomic mass is 9.87. The zero-order chi connectivity index (χ0) is 21.1. The van der Waals surface area contributed by atoms with Gasteiger partial charge in [0.25, 0.3) is 0 Å². The van der Waals surface area contributed by atoms with Crippen molar-refractivity contribution in [3.63, 3.8) is 0 Å². The van der Waals surface area contributed by atoms with Gasteiger partial charge >= 0.3 is 0 Å². The van der Waals surface area contributed by atoms with Gasteiger partial charge in [-0.2, -0.15) is 4.68 Å². The van der Waals surface area contributed by atoms with Crippen LogP contribution in [0.25, 0.3) is 5.69 Å². The van der Waals surface area contributed by atoms with E-state index in [0.29, 0.717) is 10.9 Å². The minimum atomic E-state index is 0.0625. The number of methoxy groups -OCH3 is 1. The standard InChI is InChI=1S/C22H25N5O2S/c1-15-11-12-20(29-3)19(13-15)27-22(23-24-25-27)30-14-21(28)26(2)18-10-6-8-16-7-4-5-9-17(16)18/h4-5,7,9,11-13,18H,6,8,10,14H2,1-3H3. The molecule has 0 bridgehead atoms. The van der Waals surface area contributed by atoms with Gasteiger partial charge in [-0.1, -0.05) is 42.1 Å². The van der Waals surface area contributed by atoms with E-state index in [4.69, 9.17) is 4.74 Å². The summed E-state index contributed by atoms with van der Waals surface area (Å²) in [6.07, 6.45) is 3.16. The summed E-state index contributed by atoms with van der Waals surface area (Å²) in [5, 5.41) is 12.6.